The molecule has 3 aromatic carbocycles. The van der Waals surface area contributed by atoms with Crippen LogP contribution >= 0.6 is 0 Å². The maximum absolute atomic E-state index is 13.5. The lowest BCUT2D eigenvalue weighted by Crippen LogP contribution is -2.51. The zero-order chi connectivity index (χ0) is 24.0. The molecule has 0 radical (unpaired) electrons. The van der Waals surface area contributed by atoms with Gasteiger partial charge in [-0.25, -0.2) is 0 Å². The fourth-order valence-electron chi connectivity index (χ4n) is 5.03. The molecule has 2 heterocycles. The number of aromatic nitrogens is 1. The molecule has 1 saturated heterocycles. The van der Waals surface area contributed by atoms with E-state index in [4.69, 9.17) is 0 Å². The minimum absolute atomic E-state index is 0.00149. The fraction of sp³-hybridized carbons (Fsp3) is 0.233. The summed E-state index contributed by atoms with van der Waals surface area (Å²) in [6.07, 6.45) is 4.44. The van der Waals surface area contributed by atoms with Crippen LogP contribution in [0.3, 0.4) is 0 Å². The summed E-state index contributed by atoms with van der Waals surface area (Å²) < 4.78 is 0. The van der Waals surface area contributed by atoms with Crippen LogP contribution in [-0.4, -0.2) is 34.4 Å². The van der Waals surface area contributed by atoms with Crippen LogP contribution in [0.25, 0.3) is 10.9 Å². The zero-order valence-corrected chi connectivity index (χ0v) is 19.6. The number of likely N-dealkylation sites (tertiary alicyclic amines) is 1. The molecular formula is C30H28N4O. The van der Waals surface area contributed by atoms with Crippen LogP contribution in [0.2, 0.25) is 0 Å². The van der Waals surface area contributed by atoms with Crippen LogP contribution in [0.4, 0.5) is 0 Å². The number of hydrogen-bond acceptors (Lipinski definition) is 4. The highest BCUT2D eigenvalue weighted by molar-refractivity contribution is 5.95. The number of nitriles is 1. The lowest BCUT2D eigenvalue weighted by atomic mass is 9.91. The number of pyridine rings is 1. The highest BCUT2D eigenvalue weighted by Gasteiger charge is 2.32. The van der Waals surface area contributed by atoms with Gasteiger partial charge < -0.3 is 10.2 Å². The number of carbonyl (C=O) groups is 1. The van der Waals surface area contributed by atoms with Gasteiger partial charge in [0.2, 0.25) is 0 Å². The summed E-state index contributed by atoms with van der Waals surface area (Å²) in [7, 11) is 0. The number of piperidine rings is 1. The molecule has 5 nitrogen and oxygen atoms in total. The number of rotatable bonds is 6. The Labute approximate surface area is 206 Å². The zero-order valence-electron chi connectivity index (χ0n) is 19.6. The topological polar surface area (TPSA) is 69.0 Å². The first-order chi connectivity index (χ1) is 17.2. The Morgan fingerprint density at radius 2 is 1.86 bits per heavy atom. The SMILES string of the molecule is N#Cc1cccc(C(=O)N2CC[C@H](NCc3ccnc4ccccc34)C[C@H]2Cc2ccccc2)c1. The molecule has 1 aliphatic heterocycles. The number of para-hydroxylation sites is 1. The van der Waals surface area contributed by atoms with Gasteiger partial charge in [-0.2, -0.15) is 5.26 Å². The lowest BCUT2D eigenvalue weighted by molar-refractivity contribution is 0.0576. The van der Waals surface area contributed by atoms with E-state index in [0.717, 1.165) is 31.3 Å². The summed E-state index contributed by atoms with van der Waals surface area (Å²) in [5.41, 5.74) is 4.56. The quantitative estimate of drug-likeness (QED) is 0.434. The molecule has 1 aromatic heterocycles. The number of benzene rings is 3. The molecule has 174 valence electrons. The molecule has 0 unspecified atom stereocenters. The molecule has 1 aliphatic rings. The van der Waals surface area contributed by atoms with E-state index in [1.54, 1.807) is 18.2 Å². The van der Waals surface area contributed by atoms with Gasteiger partial charge in [0.05, 0.1) is 17.1 Å². The number of hydrogen-bond donors (Lipinski definition) is 1. The molecule has 1 fully saturated rings. The van der Waals surface area contributed by atoms with Crippen molar-refractivity contribution < 1.29 is 4.79 Å². The minimum atomic E-state index is 0.00149. The molecule has 0 saturated carbocycles. The van der Waals surface area contributed by atoms with Gasteiger partial charge in [0.1, 0.15) is 0 Å². The van der Waals surface area contributed by atoms with Crippen LogP contribution < -0.4 is 5.32 Å². The Hall–Kier alpha value is -4.01. The fourth-order valence-corrected chi connectivity index (χ4v) is 5.03. The maximum atomic E-state index is 13.5. The van der Waals surface area contributed by atoms with E-state index in [1.807, 2.05) is 47.5 Å². The molecular weight excluding hydrogens is 432 g/mol. The molecule has 35 heavy (non-hydrogen) atoms. The van der Waals surface area contributed by atoms with Gasteiger partial charge in [0.15, 0.2) is 0 Å². The molecule has 0 spiro atoms. The van der Waals surface area contributed by atoms with Crippen molar-refractivity contribution in [1.82, 2.24) is 15.2 Å². The molecule has 5 rings (SSSR count). The van der Waals surface area contributed by atoms with Crippen molar-refractivity contribution in [2.45, 2.75) is 37.9 Å². The standard InChI is InChI=1S/C30H28N4O/c31-20-23-9-6-10-24(17-23)30(35)34-16-14-26(19-27(34)18-22-7-2-1-3-8-22)33-21-25-13-15-32-29-12-5-4-11-28(25)29/h1-13,15,17,26-27,33H,14,16,18-19,21H2/t26-,27+/m0/s1. The van der Waals surface area contributed by atoms with Crippen molar-refractivity contribution in [1.29, 1.82) is 5.26 Å². The smallest absolute Gasteiger partial charge is 0.254 e. The van der Waals surface area contributed by atoms with Gasteiger partial charge in [0.25, 0.3) is 5.91 Å². The summed E-state index contributed by atoms with van der Waals surface area (Å²) >= 11 is 0. The minimum Gasteiger partial charge on any atom is -0.335 e. The number of amides is 1. The Morgan fingerprint density at radius 3 is 2.71 bits per heavy atom. The van der Waals surface area contributed by atoms with Crippen LogP contribution in [0.15, 0.2) is 91.1 Å². The largest absolute Gasteiger partial charge is 0.335 e. The third-order valence-electron chi connectivity index (χ3n) is 6.85. The highest BCUT2D eigenvalue weighted by atomic mass is 16.2. The summed E-state index contributed by atoms with van der Waals surface area (Å²) in [4.78, 5) is 20.0. The first-order valence-electron chi connectivity index (χ1n) is 12.1. The van der Waals surface area contributed by atoms with Crippen LogP contribution in [0.5, 0.6) is 0 Å². The van der Waals surface area contributed by atoms with Gasteiger partial charge in [-0.15, -0.1) is 0 Å². The Balaban J connectivity index is 1.33. The molecule has 0 bridgehead atoms. The summed E-state index contributed by atoms with van der Waals surface area (Å²) in [5.74, 6) is 0.00149. The predicted molar refractivity (Wildman–Crippen MR) is 138 cm³/mol. The van der Waals surface area contributed by atoms with E-state index in [-0.39, 0.29) is 11.9 Å². The van der Waals surface area contributed by atoms with Crippen LogP contribution in [-0.2, 0) is 13.0 Å². The van der Waals surface area contributed by atoms with Gasteiger partial charge in [-0.3, -0.25) is 9.78 Å². The third kappa shape index (κ3) is 5.24. The number of carbonyl (C=O) groups excluding carboxylic acids is 1. The summed E-state index contributed by atoms with van der Waals surface area (Å²) in [6, 6.07) is 30.2. The van der Waals surface area contributed by atoms with Gasteiger partial charge >= 0.3 is 0 Å². The Kier molecular flexibility index (Phi) is 6.83. The molecule has 2 atom stereocenters. The maximum Gasteiger partial charge on any atom is 0.254 e. The number of fused-ring (bicyclic) bond motifs is 1. The van der Waals surface area contributed by atoms with Crippen LogP contribution in [0.1, 0.15) is 39.9 Å². The van der Waals surface area contributed by atoms with Crippen molar-refractivity contribution in [3.63, 3.8) is 0 Å². The Morgan fingerprint density at radius 1 is 1.03 bits per heavy atom. The monoisotopic (exact) mass is 460 g/mol. The van der Waals surface area contributed by atoms with Crippen LogP contribution in [0, 0.1) is 11.3 Å². The molecule has 4 aromatic rings. The van der Waals surface area contributed by atoms with Crippen molar-refractivity contribution in [2.75, 3.05) is 6.54 Å². The van der Waals surface area contributed by atoms with E-state index in [2.05, 4.69) is 46.7 Å². The van der Waals surface area contributed by atoms with Crippen molar-refractivity contribution in [3.05, 3.63) is 113 Å². The predicted octanol–water partition coefficient (Wildman–Crippen LogP) is 5.11. The van der Waals surface area contributed by atoms with Gasteiger partial charge in [-0.05, 0) is 60.7 Å². The van der Waals surface area contributed by atoms with E-state index in [1.165, 1.54) is 16.5 Å². The van der Waals surface area contributed by atoms with Gasteiger partial charge in [-0.1, -0.05) is 54.6 Å². The van der Waals surface area contributed by atoms with E-state index in [0.29, 0.717) is 23.7 Å². The average Bonchev–Trinajstić information content (AvgIpc) is 2.92. The first-order valence-corrected chi connectivity index (χ1v) is 12.1. The Bertz CT molecular complexity index is 1360. The van der Waals surface area contributed by atoms with Gasteiger partial charge in [0, 0.05) is 42.3 Å². The van der Waals surface area contributed by atoms with E-state index >= 15 is 0 Å². The van der Waals surface area contributed by atoms with E-state index < -0.39 is 0 Å². The van der Waals surface area contributed by atoms with E-state index in [9.17, 15) is 10.1 Å². The summed E-state index contributed by atoms with van der Waals surface area (Å²) in [6.45, 7) is 1.45. The van der Waals surface area contributed by atoms with Crippen molar-refractivity contribution in [2.24, 2.45) is 0 Å². The average molecular weight is 461 g/mol. The second-order valence-corrected chi connectivity index (χ2v) is 9.12. The second-order valence-electron chi connectivity index (χ2n) is 9.12. The molecule has 1 N–H and O–H groups in total. The molecule has 5 heteroatoms. The normalized spacial score (nSPS) is 17.7. The molecule has 1 amide bonds. The number of nitrogens with one attached hydrogen (secondary N) is 1. The first kappa shape index (κ1) is 22.8. The lowest BCUT2D eigenvalue weighted by Gasteiger charge is -2.40. The van der Waals surface area contributed by atoms with Crippen molar-refractivity contribution in [3.8, 4) is 6.07 Å². The number of nitrogens with zero attached hydrogens (tertiary/aromatic N) is 3. The third-order valence-corrected chi connectivity index (χ3v) is 6.85. The highest BCUT2D eigenvalue weighted by Crippen LogP contribution is 2.25. The molecule has 0 aliphatic carbocycles. The summed E-state index contributed by atoms with van der Waals surface area (Å²) in [5, 5.41) is 14.2. The second kappa shape index (κ2) is 10.5. The van der Waals surface area contributed by atoms with Crippen molar-refractivity contribution >= 4 is 16.8 Å².